The van der Waals surface area contributed by atoms with Crippen molar-refractivity contribution in [2.75, 3.05) is 31.6 Å². The molecule has 0 spiro atoms. The molecule has 3 rings (SSSR count). The number of nitrogens with zero attached hydrogens (tertiary/aromatic N) is 4. The molecule has 1 atom stereocenters. The Kier molecular flexibility index (Phi) is 6.21. The number of carbonyl (C=O) groups is 1. The molecule has 1 aliphatic rings. The Morgan fingerprint density at radius 3 is 2.92 bits per heavy atom. The zero-order valence-corrected chi connectivity index (χ0v) is 16.9. The molecule has 1 amide bonds. The predicted octanol–water partition coefficient (Wildman–Crippen LogP) is 2.98. The highest BCUT2D eigenvalue weighted by Gasteiger charge is 2.31. The lowest BCUT2D eigenvalue weighted by atomic mass is 10.1. The van der Waals surface area contributed by atoms with Gasteiger partial charge < -0.3 is 14.5 Å². The molecule has 6 nitrogen and oxygen atoms in total. The zero-order chi connectivity index (χ0) is 18.7. The molecule has 2 heterocycles. The van der Waals surface area contributed by atoms with Gasteiger partial charge in [-0.2, -0.15) is 4.37 Å². The fraction of sp³-hybridized carbons (Fsp3) is 0.471. The van der Waals surface area contributed by atoms with Crippen LogP contribution in [0.15, 0.2) is 24.3 Å². The Balaban J connectivity index is 1.64. The Morgan fingerprint density at radius 2 is 2.23 bits per heavy atom. The first-order chi connectivity index (χ1) is 12.5. The summed E-state index contributed by atoms with van der Waals surface area (Å²) < 4.78 is 9.73. The van der Waals surface area contributed by atoms with E-state index in [4.69, 9.17) is 27.9 Å². The van der Waals surface area contributed by atoms with Crippen molar-refractivity contribution in [1.29, 1.82) is 0 Å². The first-order valence-corrected chi connectivity index (χ1v) is 9.91. The van der Waals surface area contributed by atoms with Crippen LogP contribution >= 0.6 is 34.7 Å². The average molecular weight is 415 g/mol. The fourth-order valence-corrected chi connectivity index (χ4v) is 3.96. The Hall–Kier alpha value is -1.57. The van der Waals surface area contributed by atoms with Crippen molar-refractivity contribution in [2.24, 2.45) is 0 Å². The van der Waals surface area contributed by atoms with Gasteiger partial charge in [-0.05, 0) is 24.6 Å². The van der Waals surface area contributed by atoms with E-state index in [1.54, 1.807) is 12.0 Å². The summed E-state index contributed by atoms with van der Waals surface area (Å²) in [7, 11) is 1.65. The monoisotopic (exact) mass is 414 g/mol. The van der Waals surface area contributed by atoms with Crippen molar-refractivity contribution in [3.05, 3.63) is 35.7 Å². The molecular formula is C17H20Cl2N4O2S. The third-order valence-corrected chi connectivity index (χ3v) is 5.51. The number of rotatable bonds is 5. The van der Waals surface area contributed by atoms with E-state index in [-0.39, 0.29) is 11.9 Å². The van der Waals surface area contributed by atoms with E-state index in [1.807, 2.05) is 31.2 Å². The van der Waals surface area contributed by atoms with Gasteiger partial charge in [-0.3, -0.25) is 4.79 Å². The molecule has 0 radical (unpaired) electrons. The number of alkyl halides is 2. The van der Waals surface area contributed by atoms with Gasteiger partial charge >= 0.3 is 0 Å². The van der Waals surface area contributed by atoms with Crippen LogP contribution in [0.4, 0.5) is 5.13 Å². The SMILES string of the molecule is COc1cccc(Cc2nsc(N3CCN(C(=O)C(Cl)Cl)[C@H](C)C3)n2)c1. The number of amides is 1. The van der Waals surface area contributed by atoms with Gasteiger partial charge in [0.15, 0.2) is 4.84 Å². The number of carbonyl (C=O) groups excluding carboxylic acids is 1. The second-order valence-electron chi connectivity index (χ2n) is 6.15. The van der Waals surface area contributed by atoms with Gasteiger partial charge in [0.25, 0.3) is 5.91 Å². The van der Waals surface area contributed by atoms with Gasteiger partial charge in [-0.25, -0.2) is 4.98 Å². The van der Waals surface area contributed by atoms with E-state index in [1.165, 1.54) is 11.5 Å². The predicted molar refractivity (Wildman–Crippen MR) is 105 cm³/mol. The number of ether oxygens (including phenoxy) is 1. The number of aromatic nitrogens is 2. The van der Waals surface area contributed by atoms with E-state index in [0.29, 0.717) is 26.1 Å². The number of hydrogen-bond acceptors (Lipinski definition) is 6. The van der Waals surface area contributed by atoms with Crippen LogP contribution in [0, 0.1) is 0 Å². The number of methoxy groups -OCH3 is 1. The molecule has 0 bridgehead atoms. The second-order valence-corrected chi connectivity index (χ2v) is 7.98. The van der Waals surface area contributed by atoms with Crippen LogP contribution in [0.25, 0.3) is 0 Å². The van der Waals surface area contributed by atoms with E-state index in [9.17, 15) is 4.79 Å². The molecule has 1 aromatic heterocycles. The fourth-order valence-electron chi connectivity index (χ4n) is 2.99. The van der Waals surface area contributed by atoms with Gasteiger partial charge in [-0.15, -0.1) is 0 Å². The van der Waals surface area contributed by atoms with Crippen molar-refractivity contribution in [3.63, 3.8) is 0 Å². The summed E-state index contributed by atoms with van der Waals surface area (Å²) in [6.07, 6.45) is 0.655. The molecule has 0 unspecified atom stereocenters. The number of benzene rings is 1. The van der Waals surface area contributed by atoms with Gasteiger partial charge in [0, 0.05) is 43.6 Å². The summed E-state index contributed by atoms with van der Waals surface area (Å²) in [5.74, 6) is 1.37. The van der Waals surface area contributed by atoms with E-state index in [2.05, 4.69) is 14.3 Å². The van der Waals surface area contributed by atoms with Gasteiger partial charge in [-0.1, -0.05) is 35.3 Å². The summed E-state index contributed by atoms with van der Waals surface area (Å²) in [5, 5.41) is 0.871. The maximum atomic E-state index is 12.0. The molecule has 140 valence electrons. The Morgan fingerprint density at radius 1 is 1.42 bits per heavy atom. The largest absolute Gasteiger partial charge is 0.497 e. The Labute approximate surface area is 166 Å². The van der Waals surface area contributed by atoms with Crippen molar-refractivity contribution in [3.8, 4) is 5.75 Å². The molecule has 1 fully saturated rings. The number of anilines is 1. The summed E-state index contributed by atoms with van der Waals surface area (Å²) in [6, 6.07) is 7.91. The van der Waals surface area contributed by atoms with Crippen molar-refractivity contribution < 1.29 is 9.53 Å². The van der Waals surface area contributed by atoms with Gasteiger partial charge in [0.2, 0.25) is 5.13 Å². The summed E-state index contributed by atoms with van der Waals surface area (Å²) in [4.78, 5) is 19.5. The average Bonchev–Trinajstić information content (AvgIpc) is 3.09. The van der Waals surface area contributed by atoms with Gasteiger partial charge in [0.05, 0.1) is 7.11 Å². The number of piperazine rings is 1. The standard InChI is InChI=1S/C17H20Cl2N4O2S/c1-11-10-22(6-7-23(11)16(24)15(18)19)17-20-14(21-26-17)9-12-4-3-5-13(8-12)25-2/h3-5,8,11,15H,6-7,9-10H2,1-2H3/t11-/m1/s1. The van der Waals surface area contributed by atoms with E-state index < -0.39 is 4.84 Å². The smallest absolute Gasteiger partial charge is 0.256 e. The maximum absolute atomic E-state index is 12.0. The first-order valence-electron chi connectivity index (χ1n) is 8.27. The molecule has 0 N–H and O–H groups in total. The summed E-state index contributed by atoms with van der Waals surface area (Å²) in [6.45, 7) is 3.92. The normalized spacial score (nSPS) is 17.7. The molecule has 1 saturated heterocycles. The summed E-state index contributed by atoms with van der Waals surface area (Å²) in [5.41, 5.74) is 1.10. The van der Waals surface area contributed by atoms with Crippen molar-refractivity contribution >= 4 is 45.8 Å². The first kappa shape index (κ1) is 19.2. The molecule has 2 aromatic rings. The maximum Gasteiger partial charge on any atom is 0.256 e. The van der Waals surface area contributed by atoms with Crippen molar-refractivity contribution in [1.82, 2.24) is 14.3 Å². The minimum atomic E-state index is -1.01. The summed E-state index contributed by atoms with van der Waals surface area (Å²) >= 11 is 12.8. The zero-order valence-electron chi connectivity index (χ0n) is 14.6. The van der Waals surface area contributed by atoms with Crippen LogP contribution in [0.2, 0.25) is 0 Å². The third kappa shape index (κ3) is 4.39. The van der Waals surface area contributed by atoms with Gasteiger partial charge in [0.1, 0.15) is 11.6 Å². The van der Waals surface area contributed by atoms with Crippen LogP contribution in [0.1, 0.15) is 18.3 Å². The number of hydrogen-bond donors (Lipinski definition) is 0. The quantitative estimate of drug-likeness (QED) is 0.703. The molecule has 26 heavy (non-hydrogen) atoms. The lowest BCUT2D eigenvalue weighted by Crippen LogP contribution is -2.55. The Bertz CT molecular complexity index is 771. The highest BCUT2D eigenvalue weighted by molar-refractivity contribution is 7.09. The molecule has 0 saturated carbocycles. The van der Waals surface area contributed by atoms with Crippen LogP contribution < -0.4 is 9.64 Å². The van der Waals surface area contributed by atoms with Crippen LogP contribution in [-0.2, 0) is 11.2 Å². The lowest BCUT2D eigenvalue weighted by molar-refractivity contribution is -0.131. The molecular weight excluding hydrogens is 395 g/mol. The third-order valence-electron chi connectivity index (χ3n) is 4.32. The van der Waals surface area contributed by atoms with Crippen LogP contribution in [-0.4, -0.2) is 57.8 Å². The van der Waals surface area contributed by atoms with Crippen molar-refractivity contribution in [2.45, 2.75) is 24.2 Å². The van der Waals surface area contributed by atoms with Crippen LogP contribution in [0.5, 0.6) is 5.75 Å². The highest BCUT2D eigenvalue weighted by Crippen LogP contribution is 2.24. The molecule has 0 aliphatic carbocycles. The molecule has 9 heteroatoms. The second kappa shape index (κ2) is 8.41. The highest BCUT2D eigenvalue weighted by atomic mass is 35.5. The topological polar surface area (TPSA) is 58.6 Å². The minimum absolute atomic E-state index is 0.0157. The lowest BCUT2D eigenvalue weighted by Gasteiger charge is -2.39. The van der Waals surface area contributed by atoms with Crippen LogP contribution in [0.3, 0.4) is 0 Å². The molecule has 1 aromatic carbocycles. The minimum Gasteiger partial charge on any atom is -0.497 e. The molecule has 1 aliphatic heterocycles. The van der Waals surface area contributed by atoms with E-state index >= 15 is 0 Å². The number of halogens is 2. The van der Waals surface area contributed by atoms with E-state index in [0.717, 1.165) is 22.3 Å².